The van der Waals surface area contributed by atoms with E-state index >= 15 is 0 Å². The molecule has 0 unspecified atom stereocenters. The first-order chi connectivity index (χ1) is 15.0. The lowest BCUT2D eigenvalue weighted by molar-refractivity contribution is 0.0937. The number of aromatic amines is 1. The number of benzene rings is 1. The van der Waals surface area contributed by atoms with Gasteiger partial charge < -0.3 is 20.7 Å². The SMILES string of the molecule is O=C(NCCO)c1ccc(/C=C(\F)c2cc(-c3cc4c([nH]3)CCNC4=O)ccn2)cc1. The van der Waals surface area contributed by atoms with Gasteiger partial charge in [-0.3, -0.25) is 14.6 Å². The number of aromatic nitrogens is 2. The second kappa shape index (κ2) is 8.93. The van der Waals surface area contributed by atoms with Gasteiger partial charge in [0.05, 0.1) is 17.9 Å². The molecule has 0 aliphatic carbocycles. The number of nitrogens with one attached hydrogen (secondary N) is 3. The summed E-state index contributed by atoms with van der Waals surface area (Å²) in [4.78, 5) is 31.2. The van der Waals surface area contributed by atoms with Gasteiger partial charge in [0.15, 0.2) is 0 Å². The Morgan fingerprint density at radius 1 is 1.23 bits per heavy atom. The summed E-state index contributed by atoms with van der Waals surface area (Å²) in [6.07, 6.45) is 3.59. The number of nitrogens with zero attached hydrogens (tertiary/aromatic N) is 1. The Labute approximate surface area is 178 Å². The number of aliphatic hydroxyl groups excluding tert-OH is 1. The van der Waals surface area contributed by atoms with E-state index in [4.69, 9.17) is 5.11 Å². The van der Waals surface area contributed by atoms with Crippen molar-refractivity contribution >= 4 is 23.7 Å². The highest BCUT2D eigenvalue weighted by Crippen LogP contribution is 2.27. The fraction of sp³-hybridized carbons (Fsp3) is 0.174. The van der Waals surface area contributed by atoms with Crippen molar-refractivity contribution in [3.8, 4) is 11.3 Å². The second-order valence-electron chi connectivity index (χ2n) is 7.10. The van der Waals surface area contributed by atoms with Crippen LogP contribution in [0.5, 0.6) is 0 Å². The number of hydrogen-bond acceptors (Lipinski definition) is 4. The maximum Gasteiger partial charge on any atom is 0.253 e. The Hall–Kier alpha value is -3.78. The molecule has 1 aromatic carbocycles. The molecule has 31 heavy (non-hydrogen) atoms. The lowest BCUT2D eigenvalue weighted by Gasteiger charge is -2.10. The Morgan fingerprint density at radius 2 is 2.03 bits per heavy atom. The molecule has 0 fully saturated rings. The minimum absolute atomic E-state index is 0.113. The summed E-state index contributed by atoms with van der Waals surface area (Å²) >= 11 is 0. The van der Waals surface area contributed by atoms with Crippen LogP contribution in [-0.2, 0) is 6.42 Å². The fourth-order valence-corrected chi connectivity index (χ4v) is 3.40. The Bertz CT molecular complexity index is 1150. The highest BCUT2D eigenvalue weighted by molar-refractivity contribution is 5.98. The van der Waals surface area contributed by atoms with Crippen molar-refractivity contribution in [2.24, 2.45) is 0 Å². The number of fused-ring (bicyclic) bond motifs is 1. The first-order valence-electron chi connectivity index (χ1n) is 9.88. The standard InChI is InChI=1S/C23H21FN4O3/c24-18(11-14-1-3-15(4-2-14)22(30)27-9-10-29)21-12-16(5-7-25-21)20-13-17-19(28-20)6-8-26-23(17)31/h1-5,7,11-13,28-29H,6,8-10H2,(H,26,31)(H,27,30)/b18-11-. The van der Waals surface area contributed by atoms with E-state index in [1.807, 2.05) is 0 Å². The number of carbonyl (C=O) groups is 2. The van der Waals surface area contributed by atoms with Crippen LogP contribution in [0.3, 0.4) is 0 Å². The van der Waals surface area contributed by atoms with E-state index in [0.717, 1.165) is 23.4 Å². The zero-order valence-electron chi connectivity index (χ0n) is 16.6. The Kier molecular flexibility index (Phi) is 5.90. The molecule has 0 spiro atoms. The molecule has 4 N–H and O–H groups in total. The number of hydrogen-bond donors (Lipinski definition) is 4. The predicted octanol–water partition coefficient (Wildman–Crippen LogP) is 2.55. The molecular formula is C23H21FN4O3. The first kappa shape index (κ1) is 20.5. The number of carbonyl (C=O) groups excluding carboxylic acids is 2. The normalized spacial score (nSPS) is 13.5. The number of pyridine rings is 1. The largest absolute Gasteiger partial charge is 0.395 e. The summed E-state index contributed by atoms with van der Waals surface area (Å²) < 4.78 is 14.8. The van der Waals surface area contributed by atoms with Gasteiger partial charge in [-0.2, -0.15) is 0 Å². The molecule has 0 bridgehead atoms. The van der Waals surface area contributed by atoms with E-state index in [1.165, 1.54) is 12.3 Å². The van der Waals surface area contributed by atoms with Crippen molar-refractivity contribution in [1.29, 1.82) is 0 Å². The average Bonchev–Trinajstić information content (AvgIpc) is 3.24. The van der Waals surface area contributed by atoms with Gasteiger partial charge in [-0.05, 0) is 42.0 Å². The lowest BCUT2D eigenvalue weighted by atomic mass is 10.1. The van der Waals surface area contributed by atoms with Gasteiger partial charge in [0.1, 0.15) is 5.83 Å². The molecule has 8 heteroatoms. The molecule has 0 saturated heterocycles. The predicted molar refractivity (Wildman–Crippen MR) is 115 cm³/mol. The third kappa shape index (κ3) is 4.54. The van der Waals surface area contributed by atoms with E-state index in [2.05, 4.69) is 20.6 Å². The Morgan fingerprint density at radius 3 is 2.77 bits per heavy atom. The minimum atomic E-state index is -0.520. The highest BCUT2D eigenvalue weighted by atomic mass is 19.1. The van der Waals surface area contributed by atoms with Gasteiger partial charge in [0.25, 0.3) is 11.8 Å². The van der Waals surface area contributed by atoms with Crippen molar-refractivity contribution in [3.05, 3.63) is 76.7 Å². The zero-order chi connectivity index (χ0) is 21.8. The van der Waals surface area contributed by atoms with E-state index < -0.39 is 5.83 Å². The fourth-order valence-electron chi connectivity index (χ4n) is 3.40. The van der Waals surface area contributed by atoms with Crippen LogP contribution in [0.2, 0.25) is 0 Å². The van der Waals surface area contributed by atoms with Crippen LogP contribution in [0.25, 0.3) is 23.2 Å². The van der Waals surface area contributed by atoms with E-state index in [0.29, 0.717) is 23.2 Å². The summed E-state index contributed by atoms with van der Waals surface area (Å²) in [6.45, 7) is 0.625. The third-order valence-corrected chi connectivity index (χ3v) is 4.98. The van der Waals surface area contributed by atoms with Crippen molar-refractivity contribution in [1.82, 2.24) is 20.6 Å². The van der Waals surface area contributed by atoms with Gasteiger partial charge in [-0.1, -0.05) is 12.1 Å². The van der Waals surface area contributed by atoms with Crippen LogP contribution >= 0.6 is 0 Å². The van der Waals surface area contributed by atoms with Crippen LogP contribution in [0.1, 0.15) is 37.7 Å². The molecular weight excluding hydrogens is 399 g/mol. The molecule has 3 aromatic rings. The van der Waals surface area contributed by atoms with E-state index in [-0.39, 0.29) is 30.7 Å². The summed E-state index contributed by atoms with van der Waals surface area (Å²) in [5.74, 6) is -0.937. The smallest absolute Gasteiger partial charge is 0.253 e. The topological polar surface area (TPSA) is 107 Å². The van der Waals surface area contributed by atoms with Crippen molar-refractivity contribution in [2.75, 3.05) is 19.7 Å². The van der Waals surface area contributed by atoms with Crippen LogP contribution < -0.4 is 10.6 Å². The minimum Gasteiger partial charge on any atom is -0.395 e. The highest BCUT2D eigenvalue weighted by Gasteiger charge is 2.20. The number of amides is 2. The molecule has 3 heterocycles. The number of aliphatic hydroxyl groups is 1. The summed E-state index contributed by atoms with van der Waals surface area (Å²) in [5.41, 5.74) is 4.11. The maximum absolute atomic E-state index is 14.8. The average molecular weight is 420 g/mol. The molecule has 1 aliphatic heterocycles. The van der Waals surface area contributed by atoms with Gasteiger partial charge >= 0.3 is 0 Å². The van der Waals surface area contributed by atoms with Crippen molar-refractivity contribution in [3.63, 3.8) is 0 Å². The molecule has 0 saturated carbocycles. The quantitative estimate of drug-likeness (QED) is 0.492. The molecule has 7 nitrogen and oxygen atoms in total. The van der Waals surface area contributed by atoms with Crippen LogP contribution in [0, 0.1) is 0 Å². The van der Waals surface area contributed by atoms with Gasteiger partial charge in [-0.25, -0.2) is 4.39 Å². The van der Waals surface area contributed by atoms with Gasteiger partial charge in [0.2, 0.25) is 0 Å². The first-order valence-corrected chi connectivity index (χ1v) is 9.88. The van der Waals surface area contributed by atoms with E-state index in [1.54, 1.807) is 42.5 Å². The summed E-state index contributed by atoms with van der Waals surface area (Å²) in [6, 6.07) is 11.6. The second-order valence-corrected chi connectivity index (χ2v) is 7.10. The zero-order valence-corrected chi connectivity index (χ0v) is 16.6. The maximum atomic E-state index is 14.8. The van der Waals surface area contributed by atoms with Crippen molar-refractivity contribution < 1.29 is 19.1 Å². The molecule has 158 valence electrons. The molecule has 2 amide bonds. The number of halogens is 1. The van der Waals surface area contributed by atoms with Crippen LogP contribution in [-0.4, -0.2) is 46.6 Å². The van der Waals surface area contributed by atoms with Crippen molar-refractivity contribution in [2.45, 2.75) is 6.42 Å². The molecule has 4 rings (SSSR count). The lowest BCUT2D eigenvalue weighted by Crippen LogP contribution is -2.31. The number of rotatable bonds is 6. The Balaban J connectivity index is 1.54. The third-order valence-electron chi connectivity index (χ3n) is 4.98. The molecule has 1 aliphatic rings. The monoisotopic (exact) mass is 420 g/mol. The van der Waals surface area contributed by atoms with Gasteiger partial charge in [0, 0.05) is 48.2 Å². The van der Waals surface area contributed by atoms with Gasteiger partial charge in [-0.15, -0.1) is 0 Å². The van der Waals surface area contributed by atoms with E-state index in [9.17, 15) is 14.0 Å². The van der Waals surface area contributed by atoms with Crippen LogP contribution in [0.4, 0.5) is 4.39 Å². The molecule has 2 aromatic heterocycles. The molecule has 0 atom stereocenters. The number of H-pyrrole nitrogens is 1. The van der Waals surface area contributed by atoms with Crippen LogP contribution in [0.15, 0.2) is 48.7 Å². The molecule has 0 radical (unpaired) electrons. The summed E-state index contributed by atoms with van der Waals surface area (Å²) in [5, 5.41) is 14.1. The summed E-state index contributed by atoms with van der Waals surface area (Å²) in [7, 11) is 0.